The van der Waals surface area contributed by atoms with Gasteiger partial charge in [-0.1, -0.05) is 18.2 Å². The fraction of sp³-hybridized carbons (Fsp3) is 0.533. The summed E-state index contributed by atoms with van der Waals surface area (Å²) in [6, 6.07) is 6.62. The van der Waals surface area contributed by atoms with E-state index < -0.39 is 0 Å². The zero-order valence-corrected chi connectivity index (χ0v) is 12.8. The maximum atomic E-state index is 5.25. The van der Waals surface area contributed by atoms with Crippen LogP contribution >= 0.6 is 11.8 Å². The Labute approximate surface area is 123 Å². The van der Waals surface area contributed by atoms with E-state index in [9.17, 15) is 0 Å². The second-order valence-electron chi connectivity index (χ2n) is 5.32. The van der Waals surface area contributed by atoms with Gasteiger partial charge in [-0.05, 0) is 38.4 Å². The van der Waals surface area contributed by atoms with Crippen LogP contribution in [0.1, 0.15) is 25.7 Å². The first-order chi connectivity index (χ1) is 9.78. The second-order valence-corrected chi connectivity index (χ2v) is 6.61. The van der Waals surface area contributed by atoms with Crippen LogP contribution in [-0.2, 0) is 0 Å². The van der Waals surface area contributed by atoms with E-state index in [0.717, 1.165) is 21.9 Å². The molecule has 5 heteroatoms. The number of nitrogens with one attached hydrogen (secondary N) is 2. The number of hydrogen-bond donors (Lipinski definition) is 2. The number of benzene rings is 1. The Bertz CT molecular complexity index is 584. The molecule has 0 aliphatic heterocycles. The molecule has 1 fully saturated rings. The van der Waals surface area contributed by atoms with Crippen molar-refractivity contribution in [3.8, 4) is 5.75 Å². The molecule has 1 aliphatic carbocycles. The average molecular weight is 291 g/mol. The third-order valence-electron chi connectivity index (χ3n) is 3.98. The lowest BCUT2D eigenvalue weighted by molar-refractivity contribution is 0.402. The van der Waals surface area contributed by atoms with Gasteiger partial charge in [0.1, 0.15) is 5.75 Å². The summed E-state index contributed by atoms with van der Waals surface area (Å²) >= 11 is 1.88. The first kappa shape index (κ1) is 13.8. The van der Waals surface area contributed by atoms with Crippen molar-refractivity contribution < 1.29 is 4.74 Å². The summed E-state index contributed by atoms with van der Waals surface area (Å²) < 4.78 is 5.25. The predicted octanol–water partition coefficient (Wildman–Crippen LogP) is 3.19. The van der Waals surface area contributed by atoms with Gasteiger partial charge in [-0.15, -0.1) is 0 Å². The third-order valence-corrected chi connectivity index (χ3v) is 5.16. The molecule has 1 aliphatic rings. The Morgan fingerprint density at radius 3 is 3.10 bits per heavy atom. The highest BCUT2D eigenvalue weighted by Gasteiger charge is 2.22. The molecular weight excluding hydrogens is 270 g/mol. The van der Waals surface area contributed by atoms with E-state index in [1.807, 2.05) is 30.0 Å². The van der Waals surface area contributed by atoms with Crippen molar-refractivity contribution in [2.24, 2.45) is 0 Å². The molecule has 1 heterocycles. The van der Waals surface area contributed by atoms with Crippen molar-refractivity contribution in [2.45, 2.75) is 42.1 Å². The molecule has 4 nitrogen and oxygen atoms in total. The largest absolute Gasteiger partial charge is 0.497 e. The van der Waals surface area contributed by atoms with Gasteiger partial charge < -0.3 is 15.0 Å². The van der Waals surface area contributed by atoms with Crippen LogP contribution in [0.3, 0.4) is 0 Å². The van der Waals surface area contributed by atoms with Crippen LogP contribution < -0.4 is 10.1 Å². The molecule has 0 saturated heterocycles. The first-order valence-electron chi connectivity index (χ1n) is 7.16. The second kappa shape index (κ2) is 6.06. The van der Waals surface area contributed by atoms with Gasteiger partial charge in [0.25, 0.3) is 0 Å². The SMILES string of the molecule is CNC1CCCC(Sc2nc3ccc(OC)cc3[nH]2)C1. The monoisotopic (exact) mass is 291 g/mol. The van der Waals surface area contributed by atoms with Crippen LogP contribution in [0.25, 0.3) is 11.0 Å². The highest BCUT2D eigenvalue weighted by atomic mass is 32.2. The minimum absolute atomic E-state index is 0.656. The summed E-state index contributed by atoms with van der Waals surface area (Å²) in [5.74, 6) is 0.866. The van der Waals surface area contributed by atoms with E-state index in [1.54, 1.807) is 7.11 Å². The molecule has 0 amide bonds. The van der Waals surface area contributed by atoms with Crippen molar-refractivity contribution in [2.75, 3.05) is 14.2 Å². The van der Waals surface area contributed by atoms with Gasteiger partial charge >= 0.3 is 0 Å². The smallest absolute Gasteiger partial charge is 0.166 e. The summed E-state index contributed by atoms with van der Waals surface area (Å²) in [5.41, 5.74) is 2.06. The standard InChI is InChI=1S/C15H21N3OS/c1-16-10-4-3-5-12(8-10)20-15-17-13-7-6-11(19-2)9-14(13)18-15/h6-7,9-10,12,16H,3-5,8H2,1-2H3,(H,17,18). The fourth-order valence-electron chi connectivity index (χ4n) is 2.82. The summed E-state index contributed by atoms with van der Waals surface area (Å²) in [6.45, 7) is 0. The lowest BCUT2D eigenvalue weighted by Crippen LogP contribution is -2.32. The van der Waals surface area contributed by atoms with E-state index in [0.29, 0.717) is 11.3 Å². The Morgan fingerprint density at radius 1 is 1.40 bits per heavy atom. The van der Waals surface area contributed by atoms with Gasteiger partial charge in [0, 0.05) is 17.4 Å². The van der Waals surface area contributed by atoms with Crippen molar-refractivity contribution in [1.82, 2.24) is 15.3 Å². The van der Waals surface area contributed by atoms with Crippen molar-refractivity contribution >= 4 is 22.8 Å². The zero-order chi connectivity index (χ0) is 13.9. The third kappa shape index (κ3) is 2.94. The maximum Gasteiger partial charge on any atom is 0.166 e. The first-order valence-corrected chi connectivity index (χ1v) is 8.04. The van der Waals surface area contributed by atoms with E-state index >= 15 is 0 Å². The topological polar surface area (TPSA) is 49.9 Å². The molecule has 0 radical (unpaired) electrons. The minimum Gasteiger partial charge on any atom is -0.497 e. The van der Waals surface area contributed by atoms with Crippen molar-refractivity contribution in [3.05, 3.63) is 18.2 Å². The summed E-state index contributed by atoms with van der Waals surface area (Å²) in [4.78, 5) is 8.07. The van der Waals surface area contributed by atoms with Gasteiger partial charge in [-0.2, -0.15) is 0 Å². The molecule has 0 spiro atoms. The molecule has 1 aromatic heterocycles. The number of thioether (sulfide) groups is 1. The highest BCUT2D eigenvalue weighted by Crippen LogP contribution is 2.33. The Morgan fingerprint density at radius 2 is 2.30 bits per heavy atom. The highest BCUT2D eigenvalue weighted by molar-refractivity contribution is 7.99. The molecule has 20 heavy (non-hydrogen) atoms. The molecule has 3 rings (SSSR count). The van der Waals surface area contributed by atoms with Gasteiger partial charge in [0.05, 0.1) is 18.1 Å². The number of nitrogens with zero attached hydrogens (tertiary/aromatic N) is 1. The summed E-state index contributed by atoms with van der Waals surface area (Å²) in [6.07, 6.45) is 5.10. The lowest BCUT2D eigenvalue weighted by Gasteiger charge is -2.27. The van der Waals surface area contributed by atoms with Crippen LogP contribution in [0.4, 0.5) is 0 Å². The number of H-pyrrole nitrogens is 1. The quantitative estimate of drug-likeness (QED) is 0.908. The number of fused-ring (bicyclic) bond motifs is 1. The van der Waals surface area contributed by atoms with Crippen LogP contribution in [0.15, 0.2) is 23.4 Å². The number of ether oxygens (including phenoxy) is 1. The van der Waals surface area contributed by atoms with Gasteiger partial charge in [0.2, 0.25) is 0 Å². The number of rotatable bonds is 4. The van der Waals surface area contributed by atoms with Crippen LogP contribution in [0.5, 0.6) is 5.75 Å². The van der Waals surface area contributed by atoms with E-state index in [4.69, 9.17) is 4.74 Å². The van der Waals surface area contributed by atoms with Crippen molar-refractivity contribution in [3.63, 3.8) is 0 Å². The Kier molecular flexibility index (Phi) is 4.17. The van der Waals surface area contributed by atoms with Crippen molar-refractivity contribution in [1.29, 1.82) is 0 Å². The normalized spacial score (nSPS) is 23.1. The number of aromatic amines is 1. The number of methoxy groups -OCH3 is 1. The molecule has 2 N–H and O–H groups in total. The molecule has 108 valence electrons. The van der Waals surface area contributed by atoms with Gasteiger partial charge in [0.15, 0.2) is 5.16 Å². The molecule has 1 aromatic carbocycles. The fourth-order valence-corrected chi connectivity index (χ4v) is 4.07. The van der Waals surface area contributed by atoms with E-state index in [2.05, 4.69) is 22.3 Å². The summed E-state index contributed by atoms with van der Waals surface area (Å²) in [5, 5.41) is 5.08. The Hall–Kier alpha value is -1.20. The summed E-state index contributed by atoms with van der Waals surface area (Å²) in [7, 11) is 3.75. The van der Waals surface area contributed by atoms with Crippen LogP contribution in [-0.4, -0.2) is 35.4 Å². The predicted molar refractivity (Wildman–Crippen MR) is 83.6 cm³/mol. The lowest BCUT2D eigenvalue weighted by atomic mass is 9.95. The van der Waals surface area contributed by atoms with Gasteiger partial charge in [-0.3, -0.25) is 0 Å². The van der Waals surface area contributed by atoms with Gasteiger partial charge in [-0.25, -0.2) is 4.98 Å². The number of hydrogen-bond acceptors (Lipinski definition) is 4. The maximum absolute atomic E-state index is 5.25. The van der Waals surface area contributed by atoms with Crippen LogP contribution in [0, 0.1) is 0 Å². The molecule has 2 atom stereocenters. The molecule has 2 aromatic rings. The van der Waals surface area contributed by atoms with Crippen LogP contribution in [0.2, 0.25) is 0 Å². The zero-order valence-electron chi connectivity index (χ0n) is 12.0. The molecule has 0 bridgehead atoms. The molecular formula is C15H21N3OS. The minimum atomic E-state index is 0.656. The molecule has 1 saturated carbocycles. The number of aromatic nitrogens is 2. The van der Waals surface area contributed by atoms with E-state index in [-0.39, 0.29) is 0 Å². The Balaban J connectivity index is 1.74. The number of imidazole rings is 1. The average Bonchev–Trinajstić information content (AvgIpc) is 2.88. The molecule has 2 unspecified atom stereocenters. The van der Waals surface area contributed by atoms with E-state index in [1.165, 1.54) is 25.7 Å².